The average molecular weight is 299 g/mol. The third kappa shape index (κ3) is 1.51. The maximum absolute atomic E-state index is 13.0. The van der Waals surface area contributed by atoms with Gasteiger partial charge in [0.25, 0.3) is 0 Å². The molecule has 4 nitrogen and oxygen atoms in total. The van der Waals surface area contributed by atoms with Crippen molar-refractivity contribution in [2.75, 3.05) is 4.90 Å². The van der Waals surface area contributed by atoms with E-state index in [1.165, 1.54) is 4.90 Å². The van der Waals surface area contributed by atoms with Gasteiger partial charge in [0.05, 0.1) is 28.7 Å². The number of aryl methyl sites for hydroxylation is 2. The monoisotopic (exact) mass is 299 g/mol. The van der Waals surface area contributed by atoms with Gasteiger partial charge in [0.15, 0.2) is 0 Å². The number of anilines is 1. The van der Waals surface area contributed by atoms with Crippen LogP contribution < -0.4 is 4.90 Å². The number of imide groups is 1. The van der Waals surface area contributed by atoms with Gasteiger partial charge < -0.3 is 4.74 Å². The molecule has 0 saturated carbocycles. The summed E-state index contributed by atoms with van der Waals surface area (Å²) in [6.07, 6.45) is 1.70. The van der Waals surface area contributed by atoms with Crippen molar-refractivity contribution in [3.63, 3.8) is 0 Å². The second-order valence-electron chi connectivity index (χ2n) is 7.48. The van der Waals surface area contributed by atoms with Crippen molar-refractivity contribution in [2.45, 2.75) is 51.7 Å². The first-order valence-electron chi connectivity index (χ1n) is 7.92. The molecular formula is C18H21NO3. The Hall–Kier alpha value is -1.68. The Morgan fingerprint density at radius 1 is 1.05 bits per heavy atom. The summed E-state index contributed by atoms with van der Waals surface area (Å²) in [5, 5.41) is 0. The van der Waals surface area contributed by atoms with Crippen LogP contribution >= 0.6 is 0 Å². The number of benzene rings is 1. The van der Waals surface area contributed by atoms with Crippen LogP contribution in [0.3, 0.4) is 0 Å². The highest BCUT2D eigenvalue weighted by atomic mass is 16.5. The number of ether oxygens (including phenoxy) is 1. The zero-order valence-corrected chi connectivity index (χ0v) is 13.5. The van der Waals surface area contributed by atoms with Crippen LogP contribution in [0.4, 0.5) is 5.69 Å². The maximum Gasteiger partial charge on any atom is 0.240 e. The van der Waals surface area contributed by atoms with Crippen molar-refractivity contribution in [3.05, 3.63) is 29.3 Å². The summed E-state index contributed by atoms with van der Waals surface area (Å²) in [5.41, 5.74) is 1.84. The van der Waals surface area contributed by atoms with Gasteiger partial charge in [-0.15, -0.1) is 0 Å². The van der Waals surface area contributed by atoms with Crippen molar-refractivity contribution in [3.8, 4) is 0 Å². The molecule has 1 aromatic rings. The first-order chi connectivity index (χ1) is 10.3. The fraction of sp³-hybridized carbons (Fsp3) is 0.556. The molecule has 1 aromatic carbocycles. The van der Waals surface area contributed by atoms with Crippen molar-refractivity contribution >= 4 is 17.5 Å². The molecule has 0 aliphatic carbocycles. The van der Waals surface area contributed by atoms with Crippen LogP contribution in [0.1, 0.15) is 37.8 Å². The molecule has 3 heterocycles. The average Bonchev–Trinajstić information content (AvgIpc) is 2.97. The Balaban J connectivity index is 1.82. The highest BCUT2D eigenvalue weighted by Gasteiger charge is 2.72. The van der Waals surface area contributed by atoms with E-state index in [2.05, 4.69) is 0 Å². The molecule has 0 spiro atoms. The topological polar surface area (TPSA) is 46.6 Å². The summed E-state index contributed by atoms with van der Waals surface area (Å²) in [6.45, 7) is 7.93. The molecule has 0 aromatic heterocycles. The normalized spacial score (nSPS) is 39.7. The minimum absolute atomic E-state index is 0.0899. The molecule has 0 N–H and O–H groups in total. The third-order valence-corrected chi connectivity index (χ3v) is 5.80. The summed E-state index contributed by atoms with van der Waals surface area (Å²) >= 11 is 0. The van der Waals surface area contributed by atoms with Gasteiger partial charge in [-0.2, -0.15) is 0 Å². The standard InChI is InChI=1S/C18H21NO3/c1-10-5-6-12(11(2)9-10)19-15(20)13-14(16(19)21)18(4)8-7-17(13,3)22-18/h5-6,9,13-14H,7-8H2,1-4H3. The van der Waals surface area contributed by atoms with E-state index in [4.69, 9.17) is 4.74 Å². The second-order valence-corrected chi connectivity index (χ2v) is 7.48. The first kappa shape index (κ1) is 13.9. The van der Waals surface area contributed by atoms with Gasteiger partial charge in [-0.1, -0.05) is 17.7 Å². The summed E-state index contributed by atoms with van der Waals surface area (Å²) < 4.78 is 6.12. The molecule has 3 aliphatic rings. The van der Waals surface area contributed by atoms with E-state index >= 15 is 0 Å². The molecule has 3 saturated heterocycles. The molecule has 22 heavy (non-hydrogen) atoms. The SMILES string of the molecule is Cc1ccc(N2C(=O)C3C(C2=O)C2(C)CCC3(C)O2)c(C)c1. The van der Waals surface area contributed by atoms with E-state index in [0.29, 0.717) is 0 Å². The lowest BCUT2D eigenvalue weighted by atomic mass is 9.69. The minimum atomic E-state index is -0.487. The molecule has 0 radical (unpaired) electrons. The van der Waals surface area contributed by atoms with E-state index in [1.807, 2.05) is 45.9 Å². The van der Waals surface area contributed by atoms with Gasteiger partial charge in [0.1, 0.15) is 0 Å². The highest BCUT2D eigenvalue weighted by Crippen LogP contribution is 2.61. The molecule has 4 unspecified atom stereocenters. The number of hydrogen-bond donors (Lipinski definition) is 0. The Bertz CT molecular complexity index is 678. The molecule has 4 rings (SSSR count). The lowest BCUT2D eigenvalue weighted by Crippen LogP contribution is -2.40. The van der Waals surface area contributed by atoms with E-state index in [-0.39, 0.29) is 23.7 Å². The second kappa shape index (κ2) is 3.99. The van der Waals surface area contributed by atoms with Crippen molar-refractivity contribution < 1.29 is 14.3 Å². The number of carbonyl (C=O) groups excluding carboxylic acids is 2. The largest absolute Gasteiger partial charge is 0.367 e. The number of rotatable bonds is 1. The van der Waals surface area contributed by atoms with Crippen LogP contribution in [0.25, 0.3) is 0 Å². The van der Waals surface area contributed by atoms with Crippen molar-refractivity contribution in [1.29, 1.82) is 0 Å². The number of fused-ring (bicyclic) bond motifs is 5. The quantitative estimate of drug-likeness (QED) is 0.749. The Morgan fingerprint density at radius 2 is 1.59 bits per heavy atom. The fourth-order valence-corrected chi connectivity index (χ4v) is 4.76. The van der Waals surface area contributed by atoms with Crippen LogP contribution in [-0.4, -0.2) is 23.0 Å². The summed E-state index contributed by atoms with van der Waals surface area (Å²) in [6, 6.07) is 5.85. The maximum atomic E-state index is 13.0. The van der Waals surface area contributed by atoms with Gasteiger partial charge in [-0.05, 0) is 52.2 Å². The minimum Gasteiger partial charge on any atom is -0.367 e. The van der Waals surface area contributed by atoms with Gasteiger partial charge in [0.2, 0.25) is 11.8 Å². The van der Waals surface area contributed by atoms with Crippen LogP contribution in [0.5, 0.6) is 0 Å². The van der Waals surface area contributed by atoms with E-state index in [9.17, 15) is 9.59 Å². The zero-order valence-electron chi connectivity index (χ0n) is 13.5. The van der Waals surface area contributed by atoms with E-state index in [1.54, 1.807) is 0 Å². The lowest BCUT2D eigenvalue weighted by Gasteiger charge is -2.27. The van der Waals surface area contributed by atoms with Gasteiger partial charge in [-0.3, -0.25) is 9.59 Å². The van der Waals surface area contributed by atoms with Crippen molar-refractivity contribution in [2.24, 2.45) is 11.8 Å². The summed E-state index contributed by atoms with van der Waals surface area (Å²) in [4.78, 5) is 27.4. The molecule has 4 heteroatoms. The fourth-order valence-electron chi connectivity index (χ4n) is 4.76. The summed E-state index contributed by atoms with van der Waals surface area (Å²) in [7, 11) is 0. The van der Waals surface area contributed by atoms with Crippen LogP contribution in [0.15, 0.2) is 18.2 Å². The molecule has 2 amide bonds. The predicted octanol–water partition coefficient (Wildman–Crippen LogP) is 2.75. The van der Waals surface area contributed by atoms with Gasteiger partial charge >= 0.3 is 0 Å². The van der Waals surface area contributed by atoms with Crippen molar-refractivity contribution in [1.82, 2.24) is 0 Å². The molecule has 4 atom stereocenters. The molecular weight excluding hydrogens is 278 g/mol. The third-order valence-electron chi connectivity index (χ3n) is 5.80. The van der Waals surface area contributed by atoms with Gasteiger partial charge in [-0.25, -0.2) is 4.90 Å². The first-order valence-corrected chi connectivity index (χ1v) is 7.92. The molecule has 2 bridgehead atoms. The van der Waals surface area contributed by atoms with Crippen LogP contribution in [0.2, 0.25) is 0 Å². The van der Waals surface area contributed by atoms with E-state index in [0.717, 1.165) is 29.7 Å². The molecule has 3 aliphatic heterocycles. The Morgan fingerprint density at radius 3 is 2.09 bits per heavy atom. The van der Waals surface area contributed by atoms with Crippen LogP contribution in [0, 0.1) is 25.7 Å². The predicted molar refractivity (Wildman–Crippen MR) is 82.5 cm³/mol. The zero-order chi connectivity index (χ0) is 15.9. The van der Waals surface area contributed by atoms with Gasteiger partial charge in [0, 0.05) is 0 Å². The number of amides is 2. The number of nitrogens with zero attached hydrogens (tertiary/aromatic N) is 1. The van der Waals surface area contributed by atoms with Crippen LogP contribution in [-0.2, 0) is 14.3 Å². The molecule has 116 valence electrons. The van der Waals surface area contributed by atoms with E-state index < -0.39 is 11.2 Å². The summed E-state index contributed by atoms with van der Waals surface area (Å²) in [5.74, 6) is -0.848. The smallest absolute Gasteiger partial charge is 0.240 e. The number of hydrogen-bond acceptors (Lipinski definition) is 3. The Kier molecular flexibility index (Phi) is 2.53. The number of carbonyl (C=O) groups is 2. The molecule has 3 fully saturated rings. The highest BCUT2D eigenvalue weighted by molar-refractivity contribution is 6.23. The Labute approximate surface area is 130 Å². The lowest BCUT2D eigenvalue weighted by molar-refractivity contribution is -0.129.